The molecule has 3 N–H and O–H groups in total. The lowest BCUT2D eigenvalue weighted by Crippen LogP contribution is -2.30. The number of aromatic nitrogens is 2. The number of anilines is 2. The largest absolute Gasteiger partial charge is 0.361 e. The van der Waals surface area contributed by atoms with E-state index in [1.165, 1.54) is 12.7 Å². The molecule has 1 aromatic carbocycles. The Hall–Kier alpha value is -2.94. The van der Waals surface area contributed by atoms with Crippen molar-refractivity contribution in [2.75, 3.05) is 10.7 Å². The highest BCUT2D eigenvalue weighted by atomic mass is 35.5. The molecule has 3 rings (SSSR count). The van der Waals surface area contributed by atoms with Crippen LogP contribution in [0.25, 0.3) is 0 Å². The third-order valence-corrected chi connectivity index (χ3v) is 4.60. The molecule has 1 fully saturated rings. The van der Waals surface area contributed by atoms with Gasteiger partial charge >= 0.3 is 5.69 Å². The summed E-state index contributed by atoms with van der Waals surface area (Å²) in [6, 6.07) is 6.39. The summed E-state index contributed by atoms with van der Waals surface area (Å²) in [5, 5.41) is 15.2. The Morgan fingerprint density at radius 3 is 2.44 bits per heavy atom. The number of benzene rings is 1. The zero-order valence-electron chi connectivity index (χ0n) is 14.4. The van der Waals surface area contributed by atoms with Crippen LogP contribution in [0.1, 0.15) is 42.5 Å². The van der Waals surface area contributed by atoms with Gasteiger partial charge in [-0.3, -0.25) is 25.8 Å². The fourth-order valence-electron chi connectivity index (χ4n) is 2.98. The van der Waals surface area contributed by atoms with Crippen LogP contribution >= 0.6 is 11.6 Å². The molecule has 1 heterocycles. The minimum Gasteiger partial charge on any atom is -0.361 e. The van der Waals surface area contributed by atoms with E-state index in [1.807, 2.05) is 0 Å². The molecule has 1 amide bonds. The number of hydrazine groups is 1. The molecule has 1 saturated carbocycles. The summed E-state index contributed by atoms with van der Waals surface area (Å²) in [5.74, 6) is -0.415. The van der Waals surface area contributed by atoms with Crippen LogP contribution in [0, 0.1) is 10.1 Å². The highest BCUT2D eigenvalue weighted by molar-refractivity contribution is 6.30. The van der Waals surface area contributed by atoms with Gasteiger partial charge in [0.2, 0.25) is 11.6 Å². The van der Waals surface area contributed by atoms with E-state index in [0.29, 0.717) is 10.6 Å². The predicted molar refractivity (Wildman–Crippen MR) is 102 cm³/mol. The van der Waals surface area contributed by atoms with Gasteiger partial charge in [0.05, 0.1) is 4.92 Å². The number of amides is 1. The van der Waals surface area contributed by atoms with E-state index >= 15 is 0 Å². The van der Waals surface area contributed by atoms with Gasteiger partial charge in [0, 0.05) is 16.6 Å². The Kier molecular flexibility index (Phi) is 6.02. The smallest absolute Gasteiger partial charge is 0.354 e. The van der Waals surface area contributed by atoms with Crippen molar-refractivity contribution in [2.45, 2.75) is 38.1 Å². The number of nitrogens with one attached hydrogen (secondary N) is 3. The predicted octanol–water partition coefficient (Wildman–Crippen LogP) is 3.54. The summed E-state index contributed by atoms with van der Waals surface area (Å²) in [6.07, 6.45) is 6.44. The van der Waals surface area contributed by atoms with E-state index in [-0.39, 0.29) is 23.4 Å². The molecule has 0 bridgehead atoms. The van der Waals surface area contributed by atoms with E-state index in [1.54, 1.807) is 24.3 Å². The fraction of sp³-hybridized carbons (Fsp3) is 0.353. The minimum atomic E-state index is -0.568. The maximum absolute atomic E-state index is 12.2. The molecule has 10 heteroatoms. The maximum atomic E-state index is 12.2. The average molecular weight is 391 g/mol. The summed E-state index contributed by atoms with van der Waals surface area (Å²) in [6.45, 7) is 0. The molecule has 0 saturated heterocycles. The number of nitro groups is 1. The maximum Gasteiger partial charge on any atom is 0.354 e. The average Bonchev–Trinajstić information content (AvgIpc) is 2.67. The molecule has 1 aliphatic carbocycles. The second kappa shape index (κ2) is 8.63. The molecule has 0 radical (unpaired) electrons. The van der Waals surface area contributed by atoms with Gasteiger partial charge in [-0.15, -0.1) is 0 Å². The Morgan fingerprint density at radius 2 is 1.78 bits per heavy atom. The topological polar surface area (TPSA) is 122 Å². The van der Waals surface area contributed by atoms with Crippen LogP contribution in [0.4, 0.5) is 17.3 Å². The Labute approximate surface area is 160 Å². The van der Waals surface area contributed by atoms with Gasteiger partial charge in [0.15, 0.2) is 0 Å². The van der Waals surface area contributed by atoms with Crippen LogP contribution in [0.15, 0.2) is 30.6 Å². The van der Waals surface area contributed by atoms with Gasteiger partial charge < -0.3 is 5.32 Å². The van der Waals surface area contributed by atoms with Crippen molar-refractivity contribution in [3.05, 3.63) is 51.3 Å². The molecule has 0 unspecified atom stereocenters. The second-order valence-corrected chi connectivity index (χ2v) is 6.68. The van der Waals surface area contributed by atoms with Crippen LogP contribution in [-0.4, -0.2) is 26.8 Å². The summed E-state index contributed by atoms with van der Waals surface area (Å²) < 4.78 is 0. The third kappa shape index (κ3) is 4.82. The quantitative estimate of drug-likeness (QED) is 0.509. The number of nitrogens with zero attached hydrogens (tertiary/aromatic N) is 3. The molecule has 9 nitrogen and oxygen atoms in total. The number of halogens is 1. The zero-order valence-corrected chi connectivity index (χ0v) is 15.2. The lowest BCUT2D eigenvalue weighted by Gasteiger charge is -2.23. The van der Waals surface area contributed by atoms with Crippen LogP contribution in [0.2, 0.25) is 5.02 Å². The van der Waals surface area contributed by atoms with Crippen LogP contribution < -0.4 is 16.2 Å². The summed E-state index contributed by atoms with van der Waals surface area (Å²) in [5.41, 5.74) is 4.97. The van der Waals surface area contributed by atoms with Gasteiger partial charge in [-0.1, -0.05) is 30.9 Å². The van der Waals surface area contributed by atoms with Gasteiger partial charge in [-0.25, -0.2) is 9.97 Å². The third-order valence-electron chi connectivity index (χ3n) is 4.35. The molecule has 2 aromatic rings. The van der Waals surface area contributed by atoms with E-state index in [0.717, 1.165) is 25.7 Å². The number of hydrogen-bond donors (Lipinski definition) is 3. The SMILES string of the molecule is O=C(NNc1ncnc(NC2CCCCC2)c1[N+](=O)[O-])c1ccc(Cl)cc1. The van der Waals surface area contributed by atoms with Crippen molar-refractivity contribution in [1.82, 2.24) is 15.4 Å². The molecule has 1 aromatic heterocycles. The highest BCUT2D eigenvalue weighted by Crippen LogP contribution is 2.31. The first-order valence-corrected chi connectivity index (χ1v) is 9.00. The van der Waals surface area contributed by atoms with Gasteiger partial charge in [-0.2, -0.15) is 0 Å². The molecule has 0 atom stereocenters. The van der Waals surface area contributed by atoms with Crippen LogP contribution in [-0.2, 0) is 0 Å². The second-order valence-electron chi connectivity index (χ2n) is 6.24. The number of rotatable bonds is 6. The number of carbonyl (C=O) groups excluding carboxylic acids is 1. The van der Waals surface area contributed by atoms with Crippen molar-refractivity contribution in [1.29, 1.82) is 0 Å². The summed E-state index contributed by atoms with van der Waals surface area (Å²) in [4.78, 5) is 31.1. The number of hydrogen-bond acceptors (Lipinski definition) is 7. The Balaban J connectivity index is 1.74. The van der Waals surface area contributed by atoms with Crippen molar-refractivity contribution in [3.63, 3.8) is 0 Å². The standard InChI is InChI=1S/C17H19ClN6O3/c18-12-8-6-11(7-9-12)17(25)23-22-16-14(24(26)27)15(19-10-20-16)21-13-4-2-1-3-5-13/h6-10,13H,1-5H2,(H,23,25)(H2,19,20,21,22). The van der Waals surface area contributed by atoms with Gasteiger partial charge in [-0.05, 0) is 37.1 Å². The Bertz CT molecular complexity index is 824. The monoisotopic (exact) mass is 390 g/mol. The van der Waals surface area contributed by atoms with E-state index in [2.05, 4.69) is 26.1 Å². The summed E-state index contributed by atoms with van der Waals surface area (Å²) >= 11 is 5.80. The molecular weight excluding hydrogens is 372 g/mol. The minimum absolute atomic E-state index is 0.0874. The lowest BCUT2D eigenvalue weighted by atomic mass is 9.95. The lowest BCUT2D eigenvalue weighted by molar-refractivity contribution is -0.383. The normalized spacial score (nSPS) is 14.4. The van der Waals surface area contributed by atoms with Crippen molar-refractivity contribution in [3.8, 4) is 0 Å². The molecule has 0 aliphatic heterocycles. The van der Waals surface area contributed by atoms with E-state index in [9.17, 15) is 14.9 Å². The van der Waals surface area contributed by atoms with Gasteiger partial charge in [0.25, 0.3) is 5.91 Å². The highest BCUT2D eigenvalue weighted by Gasteiger charge is 2.26. The number of carbonyl (C=O) groups is 1. The van der Waals surface area contributed by atoms with Crippen molar-refractivity contribution >= 4 is 34.8 Å². The molecular formula is C17H19ClN6O3. The van der Waals surface area contributed by atoms with Crippen molar-refractivity contribution < 1.29 is 9.72 Å². The first-order valence-electron chi connectivity index (χ1n) is 8.62. The fourth-order valence-corrected chi connectivity index (χ4v) is 3.10. The Morgan fingerprint density at radius 1 is 1.11 bits per heavy atom. The molecule has 142 valence electrons. The van der Waals surface area contributed by atoms with Gasteiger partial charge in [0.1, 0.15) is 6.33 Å². The summed E-state index contributed by atoms with van der Waals surface area (Å²) in [7, 11) is 0. The first kappa shape index (κ1) is 18.8. The molecule has 1 aliphatic rings. The van der Waals surface area contributed by atoms with E-state index < -0.39 is 10.8 Å². The zero-order chi connectivity index (χ0) is 19.2. The van der Waals surface area contributed by atoms with E-state index in [4.69, 9.17) is 11.6 Å². The molecule has 0 spiro atoms. The van der Waals surface area contributed by atoms with Crippen LogP contribution in [0.5, 0.6) is 0 Å². The van der Waals surface area contributed by atoms with Crippen molar-refractivity contribution in [2.24, 2.45) is 0 Å². The molecule has 27 heavy (non-hydrogen) atoms. The first-order chi connectivity index (χ1) is 13.0. The van der Waals surface area contributed by atoms with Crippen LogP contribution in [0.3, 0.4) is 0 Å².